The van der Waals surface area contributed by atoms with Crippen molar-refractivity contribution in [2.24, 2.45) is 0 Å². The topological polar surface area (TPSA) is 43.6 Å². The lowest BCUT2D eigenvalue weighted by Gasteiger charge is -2.18. The molecule has 1 N–H and O–H groups in total. The predicted octanol–water partition coefficient (Wildman–Crippen LogP) is 3.22. The standard InChI is InChI=1S/C16H19NO3/c1-2-6-17-11-16-13(5-7-18-16)12-3-4-14-15(10-12)20-9-8-19-14/h3-5,7,10,17H,2,6,8-9,11H2,1H3. The maximum absolute atomic E-state index is 5.63. The summed E-state index contributed by atoms with van der Waals surface area (Å²) in [6.07, 6.45) is 2.84. The summed E-state index contributed by atoms with van der Waals surface area (Å²) >= 11 is 0. The Morgan fingerprint density at radius 1 is 1.10 bits per heavy atom. The van der Waals surface area contributed by atoms with Crippen molar-refractivity contribution in [1.29, 1.82) is 0 Å². The van der Waals surface area contributed by atoms with Gasteiger partial charge in [0.1, 0.15) is 19.0 Å². The Kier molecular flexibility index (Phi) is 3.92. The summed E-state index contributed by atoms with van der Waals surface area (Å²) in [4.78, 5) is 0. The van der Waals surface area contributed by atoms with Crippen molar-refractivity contribution in [2.75, 3.05) is 19.8 Å². The second-order valence-corrected chi connectivity index (χ2v) is 4.79. The molecule has 1 aromatic heterocycles. The van der Waals surface area contributed by atoms with Gasteiger partial charge in [0.2, 0.25) is 0 Å². The fourth-order valence-electron chi connectivity index (χ4n) is 2.32. The summed E-state index contributed by atoms with van der Waals surface area (Å²) in [5, 5.41) is 3.36. The number of nitrogens with one attached hydrogen (secondary N) is 1. The third-order valence-corrected chi connectivity index (χ3v) is 3.31. The highest BCUT2D eigenvalue weighted by atomic mass is 16.6. The highest BCUT2D eigenvalue weighted by Gasteiger charge is 2.15. The van der Waals surface area contributed by atoms with Crippen molar-refractivity contribution in [3.63, 3.8) is 0 Å². The minimum Gasteiger partial charge on any atom is -0.486 e. The van der Waals surface area contributed by atoms with Gasteiger partial charge in [0.25, 0.3) is 0 Å². The Bertz CT molecular complexity index is 577. The summed E-state index contributed by atoms with van der Waals surface area (Å²) < 4.78 is 16.7. The van der Waals surface area contributed by atoms with Crippen LogP contribution < -0.4 is 14.8 Å². The van der Waals surface area contributed by atoms with E-state index in [-0.39, 0.29) is 0 Å². The van der Waals surface area contributed by atoms with E-state index in [1.165, 1.54) is 0 Å². The molecule has 4 heteroatoms. The second-order valence-electron chi connectivity index (χ2n) is 4.79. The van der Waals surface area contributed by atoms with E-state index in [2.05, 4.69) is 12.2 Å². The number of rotatable bonds is 5. The first kappa shape index (κ1) is 13.1. The molecule has 0 fully saturated rings. The van der Waals surface area contributed by atoms with Crippen LogP contribution in [0.25, 0.3) is 11.1 Å². The number of ether oxygens (including phenoxy) is 2. The zero-order valence-corrected chi connectivity index (χ0v) is 11.6. The first-order valence-electron chi connectivity index (χ1n) is 7.05. The molecule has 106 valence electrons. The van der Waals surface area contributed by atoms with Crippen molar-refractivity contribution >= 4 is 0 Å². The van der Waals surface area contributed by atoms with Crippen LogP contribution in [0.2, 0.25) is 0 Å². The van der Waals surface area contributed by atoms with E-state index in [9.17, 15) is 0 Å². The normalized spacial score (nSPS) is 13.4. The van der Waals surface area contributed by atoms with E-state index in [0.717, 1.165) is 47.9 Å². The van der Waals surface area contributed by atoms with E-state index in [4.69, 9.17) is 13.9 Å². The van der Waals surface area contributed by atoms with Crippen molar-refractivity contribution in [3.05, 3.63) is 36.3 Å². The maximum Gasteiger partial charge on any atom is 0.161 e. The van der Waals surface area contributed by atoms with Crippen molar-refractivity contribution < 1.29 is 13.9 Å². The van der Waals surface area contributed by atoms with Gasteiger partial charge in [-0.15, -0.1) is 0 Å². The Labute approximate surface area is 118 Å². The lowest BCUT2D eigenvalue weighted by molar-refractivity contribution is 0.171. The fourth-order valence-corrected chi connectivity index (χ4v) is 2.32. The van der Waals surface area contributed by atoms with Gasteiger partial charge in [-0.25, -0.2) is 0 Å². The maximum atomic E-state index is 5.63. The van der Waals surface area contributed by atoms with Crippen molar-refractivity contribution in [3.8, 4) is 22.6 Å². The summed E-state index contributed by atoms with van der Waals surface area (Å²) in [6.45, 7) is 5.10. The van der Waals surface area contributed by atoms with Crippen LogP contribution in [0.15, 0.2) is 34.9 Å². The molecule has 20 heavy (non-hydrogen) atoms. The highest BCUT2D eigenvalue weighted by Crippen LogP contribution is 2.35. The van der Waals surface area contributed by atoms with E-state index < -0.39 is 0 Å². The van der Waals surface area contributed by atoms with Crippen LogP contribution >= 0.6 is 0 Å². The molecule has 0 spiro atoms. The summed E-state index contributed by atoms with van der Waals surface area (Å²) in [6, 6.07) is 8.01. The summed E-state index contributed by atoms with van der Waals surface area (Å²) in [7, 11) is 0. The van der Waals surface area contributed by atoms with Crippen LogP contribution in [-0.4, -0.2) is 19.8 Å². The fraction of sp³-hybridized carbons (Fsp3) is 0.375. The van der Waals surface area contributed by atoms with E-state index in [1.54, 1.807) is 6.26 Å². The van der Waals surface area contributed by atoms with Gasteiger partial charge in [0, 0.05) is 5.56 Å². The molecule has 0 radical (unpaired) electrons. The Hall–Kier alpha value is -1.94. The molecule has 0 amide bonds. The number of hydrogen-bond donors (Lipinski definition) is 1. The van der Waals surface area contributed by atoms with Gasteiger partial charge >= 0.3 is 0 Å². The first-order valence-corrected chi connectivity index (χ1v) is 7.05. The monoisotopic (exact) mass is 273 g/mol. The van der Waals surface area contributed by atoms with Crippen LogP contribution in [-0.2, 0) is 6.54 Å². The Balaban J connectivity index is 1.84. The van der Waals surface area contributed by atoms with Crippen molar-refractivity contribution in [2.45, 2.75) is 19.9 Å². The lowest BCUT2D eigenvalue weighted by atomic mass is 10.1. The molecule has 2 aromatic rings. The van der Waals surface area contributed by atoms with Gasteiger partial charge in [-0.2, -0.15) is 0 Å². The van der Waals surface area contributed by atoms with Crippen molar-refractivity contribution in [1.82, 2.24) is 5.32 Å². The molecule has 4 nitrogen and oxygen atoms in total. The minimum atomic E-state index is 0.604. The Morgan fingerprint density at radius 2 is 1.95 bits per heavy atom. The molecular formula is C16H19NO3. The molecule has 2 heterocycles. The third-order valence-electron chi connectivity index (χ3n) is 3.31. The molecule has 1 aliphatic heterocycles. The number of furan rings is 1. The quantitative estimate of drug-likeness (QED) is 0.849. The van der Waals surface area contributed by atoms with Crippen LogP contribution in [0.5, 0.6) is 11.5 Å². The van der Waals surface area contributed by atoms with Gasteiger partial charge in [0.05, 0.1) is 12.8 Å². The molecule has 0 saturated carbocycles. The summed E-state index contributed by atoms with van der Waals surface area (Å²) in [5.41, 5.74) is 2.20. The molecule has 0 atom stereocenters. The number of fused-ring (bicyclic) bond motifs is 1. The molecule has 0 bridgehead atoms. The molecule has 3 rings (SSSR count). The van der Waals surface area contributed by atoms with E-state index in [1.807, 2.05) is 24.3 Å². The second kappa shape index (κ2) is 6.01. The van der Waals surface area contributed by atoms with E-state index >= 15 is 0 Å². The molecule has 0 aliphatic carbocycles. The molecule has 0 unspecified atom stereocenters. The van der Waals surface area contributed by atoms with Gasteiger partial charge in [-0.05, 0) is 36.7 Å². The number of hydrogen-bond acceptors (Lipinski definition) is 4. The van der Waals surface area contributed by atoms with Gasteiger partial charge in [-0.3, -0.25) is 0 Å². The summed E-state index contributed by atoms with van der Waals surface area (Å²) in [5.74, 6) is 2.58. The molecule has 1 aliphatic rings. The highest BCUT2D eigenvalue weighted by molar-refractivity contribution is 5.69. The molecule has 1 aromatic carbocycles. The molecular weight excluding hydrogens is 254 g/mol. The predicted molar refractivity (Wildman–Crippen MR) is 77.1 cm³/mol. The van der Waals surface area contributed by atoms with Crippen LogP contribution in [0.3, 0.4) is 0 Å². The smallest absolute Gasteiger partial charge is 0.161 e. The average molecular weight is 273 g/mol. The SMILES string of the molecule is CCCNCc1occc1-c1ccc2c(c1)OCCO2. The average Bonchev–Trinajstić information content (AvgIpc) is 2.95. The van der Waals surface area contributed by atoms with E-state index in [0.29, 0.717) is 13.2 Å². The molecule has 0 saturated heterocycles. The van der Waals surface area contributed by atoms with Gasteiger partial charge in [-0.1, -0.05) is 13.0 Å². The lowest BCUT2D eigenvalue weighted by Crippen LogP contribution is -2.15. The minimum absolute atomic E-state index is 0.604. The number of benzene rings is 1. The third kappa shape index (κ3) is 2.65. The van der Waals surface area contributed by atoms with Crippen LogP contribution in [0.4, 0.5) is 0 Å². The van der Waals surface area contributed by atoms with Gasteiger partial charge in [0.15, 0.2) is 11.5 Å². The Morgan fingerprint density at radius 3 is 2.80 bits per heavy atom. The van der Waals surface area contributed by atoms with Crippen LogP contribution in [0, 0.1) is 0 Å². The van der Waals surface area contributed by atoms with Gasteiger partial charge < -0.3 is 19.2 Å². The zero-order chi connectivity index (χ0) is 13.8. The zero-order valence-electron chi connectivity index (χ0n) is 11.6. The van der Waals surface area contributed by atoms with Crippen LogP contribution in [0.1, 0.15) is 19.1 Å². The largest absolute Gasteiger partial charge is 0.486 e. The first-order chi connectivity index (χ1) is 9.88.